The maximum absolute atomic E-state index is 11.2. The Bertz CT molecular complexity index is 641. The molecule has 1 aromatic carbocycles. The molecule has 0 amide bonds. The summed E-state index contributed by atoms with van der Waals surface area (Å²) in [5, 5.41) is 21.4. The average molecular weight is 482 g/mol. The molecule has 0 aliphatic rings. The molecule has 0 aliphatic carbocycles. The third-order valence-electron chi connectivity index (χ3n) is 5.84. The molecule has 0 bridgehead atoms. The second-order valence-corrected chi connectivity index (χ2v) is 8.60. The average Bonchev–Trinajstić information content (AvgIpc) is 2.75. The number of carbonyl (C=O) groups is 2. The topological polar surface area (TPSA) is 86.6 Å². The number of carboxylic acids is 2. The van der Waals surface area contributed by atoms with Gasteiger partial charge in [0.05, 0.1) is 11.1 Å². The van der Waals surface area contributed by atoms with Gasteiger partial charge in [-0.2, -0.15) is 0 Å². The fourth-order valence-electron chi connectivity index (χ4n) is 3.92. The van der Waals surface area contributed by atoms with Gasteiger partial charge in [0.2, 0.25) is 0 Å². The van der Waals surface area contributed by atoms with E-state index in [1.165, 1.54) is 102 Å². The van der Waals surface area contributed by atoms with Crippen molar-refractivity contribution >= 4 is 76.7 Å². The summed E-state index contributed by atoms with van der Waals surface area (Å²) < 4.78 is 0. The van der Waals surface area contributed by atoms with E-state index in [1.807, 2.05) is 0 Å². The van der Waals surface area contributed by atoms with Gasteiger partial charge < -0.3 is 15.5 Å². The van der Waals surface area contributed by atoms with E-state index in [-0.39, 0.29) is 70.2 Å². The van der Waals surface area contributed by atoms with Gasteiger partial charge in [-0.1, -0.05) is 103 Å². The van der Waals surface area contributed by atoms with Crippen LogP contribution in [0.2, 0.25) is 0 Å². The summed E-state index contributed by atoms with van der Waals surface area (Å²) in [6, 6.07) is 4.38. The van der Waals surface area contributed by atoms with E-state index in [1.54, 1.807) is 6.07 Å². The molecule has 0 radical (unpaired) electrons. The van der Waals surface area contributed by atoms with E-state index in [0.717, 1.165) is 19.4 Å². The Morgan fingerprint density at radius 1 is 0.636 bits per heavy atom. The molecule has 3 N–H and O–H groups in total. The van der Waals surface area contributed by atoms with Crippen LogP contribution in [0, 0.1) is 0 Å². The van der Waals surface area contributed by atoms with Crippen molar-refractivity contribution in [1.82, 2.24) is 0 Å². The van der Waals surface area contributed by atoms with Crippen molar-refractivity contribution in [3.8, 4) is 0 Å². The van der Waals surface area contributed by atoms with Crippen molar-refractivity contribution in [3.05, 3.63) is 29.3 Å². The molecule has 1 rings (SSSR count). The number of carboxylic acid groups (broad SMARTS) is 2. The molecule has 0 saturated heterocycles. The van der Waals surface area contributed by atoms with Gasteiger partial charge in [-0.15, -0.1) is 0 Å². The van der Waals surface area contributed by atoms with E-state index in [0.29, 0.717) is 5.69 Å². The van der Waals surface area contributed by atoms with Gasteiger partial charge in [0, 0.05) is 12.2 Å². The van der Waals surface area contributed by atoms with Crippen molar-refractivity contribution in [2.75, 3.05) is 11.9 Å². The van der Waals surface area contributed by atoms with E-state index in [4.69, 9.17) is 10.2 Å². The van der Waals surface area contributed by atoms with Gasteiger partial charge in [0.15, 0.2) is 0 Å². The van der Waals surface area contributed by atoms with Crippen LogP contribution in [0.3, 0.4) is 0 Å². The molecule has 1 aromatic rings. The number of unbranched alkanes of at least 4 members (excludes halogenated alkanes) is 15. The number of aromatic carboxylic acids is 2. The predicted molar refractivity (Wildman–Crippen MR) is 143 cm³/mol. The quantitative estimate of drug-likeness (QED) is 0.147. The Labute approximate surface area is 245 Å². The van der Waals surface area contributed by atoms with E-state index < -0.39 is 11.9 Å². The Hall–Kier alpha value is -0.0400. The van der Waals surface area contributed by atoms with Crippen molar-refractivity contribution < 1.29 is 19.8 Å². The molecule has 0 fully saturated rings. The summed E-state index contributed by atoms with van der Waals surface area (Å²) in [5.41, 5.74) is 0.299. The molecule has 5 nitrogen and oxygen atoms in total. The molecule has 0 aliphatic heterocycles. The Balaban J connectivity index is 0. The normalized spacial score (nSPS) is 10.2. The van der Waals surface area contributed by atoms with Crippen molar-refractivity contribution in [1.29, 1.82) is 0 Å². The molecule has 0 saturated carbocycles. The summed E-state index contributed by atoms with van der Waals surface area (Å²) in [4.78, 5) is 22.3. The maximum atomic E-state index is 11.2. The van der Waals surface area contributed by atoms with Gasteiger partial charge in [-0.05, 0) is 24.6 Å². The molecular formula is C26H45NNa2O4. The number of nitrogens with one attached hydrogen (secondary N) is 1. The minimum atomic E-state index is -1.22. The number of rotatable bonds is 20. The monoisotopic (exact) mass is 481 g/mol. The Morgan fingerprint density at radius 3 is 1.42 bits per heavy atom. The molecule has 0 atom stereocenters. The summed E-state index contributed by atoms with van der Waals surface area (Å²) in [6.07, 6.45) is 21.3. The second kappa shape index (κ2) is 23.7. The first-order chi connectivity index (χ1) is 15.1. The van der Waals surface area contributed by atoms with E-state index >= 15 is 0 Å². The fraction of sp³-hybridized carbons (Fsp3) is 0.692. The van der Waals surface area contributed by atoms with Crippen LogP contribution in [0.15, 0.2) is 18.2 Å². The third kappa shape index (κ3) is 18.0. The van der Waals surface area contributed by atoms with Gasteiger partial charge in [-0.3, -0.25) is 0 Å². The van der Waals surface area contributed by atoms with Crippen LogP contribution in [-0.2, 0) is 0 Å². The molecule has 0 unspecified atom stereocenters. The first-order valence-corrected chi connectivity index (χ1v) is 12.4. The summed E-state index contributed by atoms with van der Waals surface area (Å²) >= 11 is 0. The Morgan fingerprint density at radius 2 is 1.03 bits per heavy atom. The van der Waals surface area contributed by atoms with E-state index in [9.17, 15) is 9.59 Å². The molecule has 180 valence electrons. The standard InChI is InChI=1S/C26H43NO4.2Na.2H/c1-2-3-4-5-6-7-8-9-10-11-12-13-14-15-16-17-20-27-22-18-19-23(25(28)29)24(21-22)26(30)31;;;;/h18-19,21,27H,2-17,20H2,1H3,(H,28,29)(H,30,31);;;;. The fourth-order valence-corrected chi connectivity index (χ4v) is 3.92. The SMILES string of the molecule is CCCCCCCCCCCCCCCCCCNc1ccc(C(=O)O)c(C(=O)O)c1.[NaH].[NaH]. The van der Waals surface area contributed by atoms with Crippen molar-refractivity contribution in [2.24, 2.45) is 0 Å². The first kappa shape index (κ1) is 35.1. The van der Waals surface area contributed by atoms with Crippen LogP contribution >= 0.6 is 0 Å². The van der Waals surface area contributed by atoms with Crippen LogP contribution in [0.25, 0.3) is 0 Å². The second-order valence-electron chi connectivity index (χ2n) is 8.60. The van der Waals surface area contributed by atoms with Crippen LogP contribution in [0.5, 0.6) is 0 Å². The zero-order chi connectivity index (χ0) is 22.7. The van der Waals surface area contributed by atoms with Crippen LogP contribution in [0.1, 0.15) is 130 Å². The molecule has 33 heavy (non-hydrogen) atoms. The summed E-state index contributed by atoms with van der Waals surface area (Å²) in [6.45, 7) is 3.04. The van der Waals surface area contributed by atoms with Crippen molar-refractivity contribution in [2.45, 2.75) is 110 Å². The zero-order valence-electron chi connectivity index (χ0n) is 19.5. The van der Waals surface area contributed by atoms with E-state index in [2.05, 4.69) is 12.2 Å². The third-order valence-corrected chi connectivity index (χ3v) is 5.84. The summed E-state index contributed by atoms with van der Waals surface area (Å²) in [7, 11) is 0. The summed E-state index contributed by atoms with van der Waals surface area (Å²) in [5.74, 6) is -2.44. The number of benzene rings is 1. The minimum absolute atomic E-state index is 0. The van der Waals surface area contributed by atoms with Crippen molar-refractivity contribution in [3.63, 3.8) is 0 Å². The molecule has 7 heteroatoms. The van der Waals surface area contributed by atoms with Crippen LogP contribution in [-0.4, -0.2) is 87.8 Å². The predicted octanol–water partition coefficient (Wildman–Crippen LogP) is 6.46. The van der Waals surface area contributed by atoms with Gasteiger partial charge in [0.1, 0.15) is 0 Å². The van der Waals surface area contributed by atoms with Gasteiger partial charge in [0.25, 0.3) is 0 Å². The molecule has 0 heterocycles. The van der Waals surface area contributed by atoms with Crippen LogP contribution in [0.4, 0.5) is 5.69 Å². The molecular weight excluding hydrogens is 436 g/mol. The van der Waals surface area contributed by atoms with Gasteiger partial charge in [-0.25, -0.2) is 9.59 Å². The zero-order valence-corrected chi connectivity index (χ0v) is 19.5. The van der Waals surface area contributed by atoms with Crippen LogP contribution < -0.4 is 5.32 Å². The first-order valence-electron chi connectivity index (χ1n) is 12.4. The molecule has 0 aromatic heterocycles. The number of hydrogen-bond donors (Lipinski definition) is 3. The Kier molecular flexibility index (Phi) is 25.2. The number of hydrogen-bond acceptors (Lipinski definition) is 3. The number of anilines is 1. The molecule has 0 spiro atoms. The van der Waals surface area contributed by atoms with Gasteiger partial charge >= 0.3 is 71.1 Å².